The zero-order chi connectivity index (χ0) is 28.4. The van der Waals surface area contributed by atoms with E-state index in [2.05, 4.69) is 5.32 Å². The van der Waals surface area contributed by atoms with E-state index in [1.807, 2.05) is 85.8 Å². The summed E-state index contributed by atoms with van der Waals surface area (Å²) in [7, 11) is 0. The lowest BCUT2D eigenvalue weighted by Crippen LogP contribution is -2.39. The lowest BCUT2D eigenvalue weighted by Gasteiger charge is -2.29. The van der Waals surface area contributed by atoms with Crippen LogP contribution >= 0.6 is 0 Å². The summed E-state index contributed by atoms with van der Waals surface area (Å²) in [6.45, 7) is 3.46. The Morgan fingerprint density at radius 3 is 2.44 bits per heavy atom. The molecule has 1 N–H and O–H groups in total. The van der Waals surface area contributed by atoms with Gasteiger partial charge in [-0.15, -0.1) is 0 Å². The van der Waals surface area contributed by atoms with Gasteiger partial charge in [-0.1, -0.05) is 60.2 Å². The molecule has 0 saturated carbocycles. The third-order valence-electron chi connectivity index (χ3n) is 6.54. The van der Waals surface area contributed by atoms with Crippen molar-refractivity contribution in [3.8, 4) is 17.2 Å². The highest BCUT2D eigenvalue weighted by atomic mass is 16.5. The Balaban J connectivity index is 1.14. The van der Waals surface area contributed by atoms with E-state index in [-0.39, 0.29) is 18.4 Å². The van der Waals surface area contributed by atoms with Gasteiger partial charge in [0.05, 0.1) is 12.3 Å². The topological polar surface area (TPSA) is 77.1 Å². The van der Waals surface area contributed by atoms with Crippen LogP contribution in [0.4, 0.5) is 11.4 Å². The van der Waals surface area contributed by atoms with Gasteiger partial charge in [0.2, 0.25) is 5.91 Å². The molecule has 0 unspecified atom stereocenters. The highest BCUT2D eigenvalue weighted by Gasteiger charge is 2.25. The van der Waals surface area contributed by atoms with Crippen LogP contribution in [0.5, 0.6) is 17.2 Å². The minimum absolute atomic E-state index is 0.0175. The maximum absolute atomic E-state index is 12.6. The Morgan fingerprint density at radius 1 is 0.927 bits per heavy atom. The highest BCUT2D eigenvalue weighted by molar-refractivity contribution is 6.03. The first kappa shape index (κ1) is 27.5. The van der Waals surface area contributed by atoms with Crippen molar-refractivity contribution in [1.29, 1.82) is 0 Å². The number of nitrogens with one attached hydrogen (secondary N) is 1. The van der Waals surface area contributed by atoms with Gasteiger partial charge < -0.3 is 24.4 Å². The molecule has 208 valence electrons. The van der Waals surface area contributed by atoms with Crippen LogP contribution in [0, 0.1) is 6.92 Å². The minimum atomic E-state index is -0.282. The van der Waals surface area contributed by atoms with E-state index < -0.39 is 0 Å². The number of aryl methyl sites for hydroxylation is 1. The van der Waals surface area contributed by atoms with Crippen LogP contribution in [0.3, 0.4) is 0 Å². The lowest BCUT2D eigenvalue weighted by molar-refractivity contribution is -0.121. The Labute approximate surface area is 240 Å². The Hall–Kier alpha value is -5.04. The molecule has 0 bridgehead atoms. The van der Waals surface area contributed by atoms with Gasteiger partial charge in [0.15, 0.2) is 6.61 Å². The molecule has 0 fully saturated rings. The van der Waals surface area contributed by atoms with Crippen molar-refractivity contribution in [2.45, 2.75) is 20.0 Å². The molecular weight excluding hydrogens is 516 g/mol. The number of carbonyl (C=O) groups is 2. The van der Waals surface area contributed by atoms with E-state index in [9.17, 15) is 9.59 Å². The molecule has 2 amide bonds. The number of rotatable bonds is 11. The van der Waals surface area contributed by atoms with Crippen molar-refractivity contribution in [1.82, 2.24) is 0 Å². The molecule has 1 aliphatic rings. The van der Waals surface area contributed by atoms with E-state index in [1.165, 1.54) is 11.6 Å². The van der Waals surface area contributed by atoms with E-state index >= 15 is 0 Å². The SMILES string of the molecule is Cc1ccc(OCCCN2C(=O)COc3ccc(NC(=O)/C=C/c4ccc(OCc5ccccc5)cc4)cc32)cc1. The quantitative estimate of drug-likeness (QED) is 0.173. The summed E-state index contributed by atoms with van der Waals surface area (Å²) < 4.78 is 17.2. The molecule has 0 aromatic heterocycles. The smallest absolute Gasteiger partial charge is 0.265 e. The third-order valence-corrected chi connectivity index (χ3v) is 6.54. The van der Waals surface area contributed by atoms with E-state index in [0.29, 0.717) is 43.3 Å². The molecular formula is C34H32N2O5. The van der Waals surface area contributed by atoms with Crippen LogP contribution in [0.15, 0.2) is 103 Å². The maximum Gasteiger partial charge on any atom is 0.265 e. The average Bonchev–Trinajstić information content (AvgIpc) is 3.00. The predicted molar refractivity (Wildman–Crippen MR) is 160 cm³/mol. The fourth-order valence-corrected chi connectivity index (χ4v) is 4.34. The first-order valence-corrected chi connectivity index (χ1v) is 13.6. The number of hydrogen-bond donors (Lipinski definition) is 1. The number of anilines is 2. The van der Waals surface area contributed by atoms with Crippen LogP contribution in [-0.2, 0) is 16.2 Å². The van der Waals surface area contributed by atoms with Gasteiger partial charge in [-0.3, -0.25) is 9.59 Å². The normalized spacial score (nSPS) is 12.5. The molecule has 41 heavy (non-hydrogen) atoms. The molecule has 0 radical (unpaired) electrons. The molecule has 7 heteroatoms. The lowest BCUT2D eigenvalue weighted by atomic mass is 10.2. The summed E-state index contributed by atoms with van der Waals surface area (Å²) in [6, 6.07) is 30.7. The number of amides is 2. The summed E-state index contributed by atoms with van der Waals surface area (Å²) >= 11 is 0. The zero-order valence-electron chi connectivity index (χ0n) is 22.9. The second-order valence-electron chi connectivity index (χ2n) is 9.70. The van der Waals surface area contributed by atoms with Crippen molar-refractivity contribution in [2.75, 3.05) is 30.0 Å². The molecule has 5 rings (SSSR count). The van der Waals surface area contributed by atoms with Crippen LogP contribution < -0.4 is 24.4 Å². The highest BCUT2D eigenvalue weighted by Crippen LogP contribution is 2.34. The Kier molecular flexibility index (Phi) is 8.96. The van der Waals surface area contributed by atoms with Gasteiger partial charge in [0.25, 0.3) is 5.91 Å². The van der Waals surface area contributed by atoms with Crippen molar-refractivity contribution >= 4 is 29.3 Å². The van der Waals surface area contributed by atoms with Gasteiger partial charge >= 0.3 is 0 Å². The average molecular weight is 549 g/mol. The van der Waals surface area contributed by atoms with Gasteiger partial charge in [-0.25, -0.2) is 0 Å². The Bertz CT molecular complexity index is 1500. The summed E-state index contributed by atoms with van der Waals surface area (Å²) in [5.41, 5.74) is 4.34. The molecule has 0 saturated heterocycles. The Morgan fingerprint density at radius 2 is 1.66 bits per heavy atom. The first-order chi connectivity index (χ1) is 20.0. The summed E-state index contributed by atoms with van der Waals surface area (Å²) in [5.74, 6) is 1.75. The maximum atomic E-state index is 12.6. The number of nitrogens with zero attached hydrogens (tertiary/aromatic N) is 1. The summed E-state index contributed by atoms with van der Waals surface area (Å²) in [5, 5.41) is 2.87. The van der Waals surface area contributed by atoms with Gasteiger partial charge in [-0.05, 0) is 73.0 Å². The molecule has 1 heterocycles. The number of fused-ring (bicyclic) bond motifs is 1. The van der Waals surface area contributed by atoms with Crippen molar-refractivity contribution < 1.29 is 23.8 Å². The van der Waals surface area contributed by atoms with E-state index in [4.69, 9.17) is 14.2 Å². The molecule has 0 atom stereocenters. The van der Waals surface area contributed by atoms with E-state index in [1.54, 1.807) is 29.2 Å². The molecule has 4 aromatic rings. The van der Waals surface area contributed by atoms with Gasteiger partial charge in [0, 0.05) is 18.3 Å². The largest absolute Gasteiger partial charge is 0.494 e. The second-order valence-corrected chi connectivity index (χ2v) is 9.70. The summed E-state index contributed by atoms with van der Waals surface area (Å²) in [6.07, 6.45) is 3.86. The number of carbonyl (C=O) groups excluding carboxylic acids is 2. The van der Waals surface area contributed by atoms with E-state index in [0.717, 1.165) is 22.6 Å². The molecule has 0 aliphatic carbocycles. The number of benzene rings is 4. The minimum Gasteiger partial charge on any atom is -0.494 e. The summed E-state index contributed by atoms with van der Waals surface area (Å²) in [4.78, 5) is 27.0. The van der Waals surface area contributed by atoms with Crippen LogP contribution in [0.1, 0.15) is 23.1 Å². The van der Waals surface area contributed by atoms with Crippen molar-refractivity contribution in [2.24, 2.45) is 0 Å². The predicted octanol–water partition coefficient (Wildman–Crippen LogP) is 6.42. The van der Waals surface area contributed by atoms with Gasteiger partial charge in [-0.2, -0.15) is 0 Å². The second kappa shape index (κ2) is 13.3. The first-order valence-electron chi connectivity index (χ1n) is 13.6. The fourth-order valence-electron chi connectivity index (χ4n) is 4.34. The molecule has 7 nitrogen and oxygen atoms in total. The monoisotopic (exact) mass is 548 g/mol. The third kappa shape index (κ3) is 7.76. The van der Waals surface area contributed by atoms with Gasteiger partial charge in [0.1, 0.15) is 23.9 Å². The number of hydrogen-bond acceptors (Lipinski definition) is 5. The van der Waals surface area contributed by atoms with Crippen LogP contribution in [0.25, 0.3) is 6.08 Å². The van der Waals surface area contributed by atoms with Crippen LogP contribution in [-0.4, -0.2) is 31.6 Å². The van der Waals surface area contributed by atoms with Crippen molar-refractivity contribution in [3.05, 3.63) is 120 Å². The van der Waals surface area contributed by atoms with Crippen LogP contribution in [0.2, 0.25) is 0 Å². The molecule has 1 aliphatic heterocycles. The molecule has 4 aromatic carbocycles. The fraction of sp³-hybridized carbons (Fsp3) is 0.176. The zero-order valence-corrected chi connectivity index (χ0v) is 22.9. The molecule has 0 spiro atoms. The standard InChI is InChI=1S/C34H32N2O5/c1-25-8-14-29(15-9-25)39-21-5-20-36-31-22-28(13-18-32(31)41-24-34(36)38)35-33(37)19-12-26-10-16-30(17-11-26)40-23-27-6-3-2-4-7-27/h2-4,6-19,22H,5,20-21,23-24H2,1H3,(H,35,37)/b19-12+. The van der Waals surface area contributed by atoms with Crippen molar-refractivity contribution in [3.63, 3.8) is 0 Å². The number of ether oxygens (including phenoxy) is 3.